The molecule has 0 radical (unpaired) electrons. The van der Waals surface area contributed by atoms with Crippen molar-refractivity contribution in [3.05, 3.63) is 9.96 Å². The summed E-state index contributed by atoms with van der Waals surface area (Å²) in [6, 6.07) is 0. The summed E-state index contributed by atoms with van der Waals surface area (Å²) in [4.78, 5) is 9.70. The molecule has 0 atom stereocenters. The van der Waals surface area contributed by atoms with Crippen LogP contribution < -0.4 is 0 Å². The van der Waals surface area contributed by atoms with Gasteiger partial charge in [-0.15, -0.1) is 11.1 Å². The quantitative estimate of drug-likeness (QED) is 0.530. The van der Waals surface area contributed by atoms with Gasteiger partial charge < -0.3 is 14.1 Å². The number of hydrogen-bond acceptors (Lipinski definition) is 1. The summed E-state index contributed by atoms with van der Waals surface area (Å²) in [6.45, 7) is 21.4. The fourth-order valence-electron chi connectivity index (χ4n) is 2.27. The predicted molar refractivity (Wildman–Crippen MR) is 94.0 cm³/mol. The molecule has 0 bridgehead atoms. The van der Waals surface area contributed by atoms with Gasteiger partial charge in [0.25, 0.3) is 0 Å². The summed E-state index contributed by atoms with van der Waals surface area (Å²) in [6.07, 6.45) is 0. The average Bonchev–Trinajstić information content (AvgIpc) is 1.89. The van der Waals surface area contributed by atoms with Gasteiger partial charge >= 0.3 is 35.6 Å². The second-order valence-corrected chi connectivity index (χ2v) is 17.3. The van der Waals surface area contributed by atoms with Gasteiger partial charge in [-0.3, -0.25) is 0 Å². The molecule has 0 spiro atoms. The van der Waals surface area contributed by atoms with Crippen molar-refractivity contribution in [2.45, 2.75) is 78.8 Å². The van der Waals surface area contributed by atoms with Gasteiger partial charge in [0.1, 0.15) is 0 Å². The molecule has 0 saturated heterocycles. The Bertz CT molecular complexity index is 254. The molecule has 3 nitrogen and oxygen atoms in total. The zero-order chi connectivity index (χ0) is 16.8. The van der Waals surface area contributed by atoms with Crippen molar-refractivity contribution in [1.82, 2.24) is 0 Å². The van der Waals surface area contributed by atoms with Gasteiger partial charge in [0.05, 0.1) is 17.0 Å². The van der Waals surface area contributed by atoms with E-state index in [1.165, 1.54) is 0 Å². The molecule has 0 aromatic heterocycles. The number of hydrogen-bond donors (Lipinski definition) is 0. The molecule has 0 aliphatic carbocycles. The normalized spacial score (nSPS) is 13.6. The second kappa shape index (κ2) is 9.04. The van der Waals surface area contributed by atoms with Gasteiger partial charge in [0, 0.05) is 0 Å². The molecule has 0 fully saturated rings. The van der Waals surface area contributed by atoms with E-state index in [0.717, 1.165) is 0 Å². The number of halogens is 2. The van der Waals surface area contributed by atoms with Crippen LogP contribution in [0.2, 0.25) is 26.2 Å². The van der Waals surface area contributed by atoms with E-state index >= 15 is 0 Å². The second-order valence-electron chi connectivity index (χ2n) is 7.63. The molecule has 0 saturated carbocycles. The molecular weight excluding hydrogens is 363 g/mol. The van der Waals surface area contributed by atoms with Crippen LogP contribution in [0.4, 0.5) is 0 Å². The molecule has 0 aliphatic heterocycles. The SMILES string of the molecule is CC(C)(C)[N-][Si](C)(C)O[Si](C)(C)[N-]C(C)(C)C.[Cl][Ti][Cl]. The van der Waals surface area contributed by atoms with Gasteiger partial charge in [-0.1, -0.05) is 67.7 Å². The Kier molecular flexibility index (Phi) is 10.8. The molecule has 122 valence electrons. The van der Waals surface area contributed by atoms with Gasteiger partial charge in [-0.25, -0.2) is 0 Å². The van der Waals surface area contributed by atoms with E-state index in [4.69, 9.17) is 32.7 Å². The van der Waals surface area contributed by atoms with Crippen molar-refractivity contribution in [3.63, 3.8) is 0 Å². The average molecular weight is 393 g/mol. The van der Waals surface area contributed by atoms with Crippen molar-refractivity contribution in [2.75, 3.05) is 0 Å². The van der Waals surface area contributed by atoms with Gasteiger partial charge in [0.15, 0.2) is 0 Å². The van der Waals surface area contributed by atoms with Crippen LogP contribution in [0.15, 0.2) is 0 Å². The Balaban J connectivity index is 0. The van der Waals surface area contributed by atoms with E-state index in [2.05, 4.69) is 67.7 Å². The van der Waals surface area contributed by atoms with Crippen LogP contribution in [-0.4, -0.2) is 28.0 Å². The molecular formula is C12H30Cl2N2OSi2Ti-2. The molecule has 20 heavy (non-hydrogen) atoms. The van der Waals surface area contributed by atoms with Gasteiger partial charge in [-0.05, 0) is 0 Å². The molecule has 8 heteroatoms. The zero-order valence-corrected chi connectivity index (χ0v) is 19.6. The summed E-state index contributed by atoms with van der Waals surface area (Å²) in [7, 11) is 5.82. The number of nitrogens with zero attached hydrogens (tertiary/aromatic N) is 2. The van der Waals surface area contributed by atoms with Crippen molar-refractivity contribution in [2.24, 2.45) is 0 Å². The van der Waals surface area contributed by atoms with Crippen LogP contribution >= 0.6 is 18.6 Å². The Morgan fingerprint density at radius 1 is 0.750 bits per heavy atom. The first kappa shape index (κ1) is 23.9. The summed E-state index contributed by atoms with van der Waals surface area (Å²) < 4.78 is 6.32. The molecule has 0 amide bonds. The van der Waals surface area contributed by atoms with E-state index in [1.807, 2.05) is 0 Å². The van der Waals surface area contributed by atoms with E-state index in [1.54, 1.807) is 0 Å². The Hall–Kier alpha value is 1.61. The van der Waals surface area contributed by atoms with Gasteiger partial charge in [-0.2, -0.15) is 0 Å². The minimum atomic E-state index is -1.98. The maximum absolute atomic E-state index is 6.32. The van der Waals surface area contributed by atoms with Gasteiger partial charge in [0.2, 0.25) is 0 Å². The molecule has 0 N–H and O–H groups in total. The van der Waals surface area contributed by atoms with Crippen molar-refractivity contribution >= 4 is 35.6 Å². The molecule has 0 heterocycles. The van der Waals surface area contributed by atoms with Crippen molar-refractivity contribution < 1.29 is 21.1 Å². The Morgan fingerprint density at radius 2 is 0.950 bits per heavy atom. The third-order valence-electron chi connectivity index (χ3n) is 1.71. The Labute approximate surface area is 145 Å². The summed E-state index contributed by atoms with van der Waals surface area (Å²) in [5, 5.41) is 0. The molecule has 0 aromatic rings. The summed E-state index contributed by atoms with van der Waals surface area (Å²) in [5.74, 6) is 0. The van der Waals surface area contributed by atoms with Crippen LogP contribution in [0.1, 0.15) is 41.5 Å². The fourth-order valence-corrected chi connectivity index (χ4v) is 10.8. The molecule has 0 rings (SSSR count). The van der Waals surface area contributed by atoms with E-state index in [0.29, 0.717) is 0 Å². The van der Waals surface area contributed by atoms with Crippen LogP contribution in [0.3, 0.4) is 0 Å². The summed E-state index contributed by atoms with van der Waals surface area (Å²) in [5.41, 5.74) is -0.0517. The topological polar surface area (TPSA) is 37.4 Å². The van der Waals surface area contributed by atoms with Crippen molar-refractivity contribution in [3.8, 4) is 0 Å². The van der Waals surface area contributed by atoms with E-state index in [-0.39, 0.29) is 11.1 Å². The maximum atomic E-state index is 6.32. The standard InChI is InChI=1S/C12H30N2OSi2.2ClH.Ti/c1-11(2,3)13-16(7,8)15-17(9,10)14-12(4,5)6;;;/h1-10H3;2*1H;/q-2;;;+2/p-2. The molecule has 0 unspecified atom stereocenters. The van der Waals surface area contributed by atoms with Crippen LogP contribution in [0, 0.1) is 0 Å². The minimum absolute atomic E-state index is 0.0259. The Morgan fingerprint density at radius 3 is 1.10 bits per heavy atom. The fraction of sp³-hybridized carbons (Fsp3) is 1.00. The predicted octanol–water partition coefficient (Wildman–Crippen LogP) is 6.13. The van der Waals surface area contributed by atoms with E-state index < -0.39 is 34.0 Å². The third-order valence-corrected chi connectivity index (χ3v) is 8.12. The third kappa shape index (κ3) is 17.7. The van der Waals surface area contributed by atoms with Crippen molar-refractivity contribution in [1.29, 1.82) is 0 Å². The van der Waals surface area contributed by atoms with Crippen LogP contribution in [0.5, 0.6) is 0 Å². The first-order valence-electron chi connectivity index (χ1n) is 6.68. The first-order chi connectivity index (χ1) is 8.54. The summed E-state index contributed by atoms with van der Waals surface area (Å²) >= 11 is -0.556. The monoisotopic (exact) mass is 392 g/mol. The van der Waals surface area contributed by atoms with E-state index in [9.17, 15) is 0 Å². The number of rotatable bonds is 4. The van der Waals surface area contributed by atoms with Crippen LogP contribution in [0.25, 0.3) is 9.96 Å². The first-order valence-corrected chi connectivity index (χ1v) is 16.7. The molecule has 0 aromatic carbocycles. The zero-order valence-electron chi connectivity index (χ0n) is 14.6. The van der Waals surface area contributed by atoms with Crippen LogP contribution in [-0.2, 0) is 21.1 Å². The molecule has 0 aliphatic rings.